The molecular weight excluding hydrogens is 534 g/mol. The maximum atomic E-state index is 13.6. The summed E-state index contributed by atoms with van der Waals surface area (Å²) in [7, 11) is 3.19. The summed E-state index contributed by atoms with van der Waals surface area (Å²) in [6.07, 6.45) is 4.30. The number of ether oxygens (including phenoxy) is 2. The molecule has 3 amide bonds. The number of benzene rings is 2. The van der Waals surface area contributed by atoms with Crippen molar-refractivity contribution in [3.8, 4) is 11.5 Å². The number of anilines is 1. The maximum absolute atomic E-state index is 13.6. The van der Waals surface area contributed by atoms with E-state index in [1.807, 2.05) is 29.2 Å². The molecular formula is C30H34F2N4O5. The third-order valence-corrected chi connectivity index (χ3v) is 8.21. The van der Waals surface area contributed by atoms with Crippen LogP contribution in [0.2, 0.25) is 0 Å². The summed E-state index contributed by atoms with van der Waals surface area (Å²) in [5, 5.41) is 8.71. The summed E-state index contributed by atoms with van der Waals surface area (Å²) < 4.78 is 43.3. The molecule has 1 aliphatic heterocycles. The Labute approximate surface area is 237 Å². The molecule has 0 radical (unpaired) electrons. The molecule has 1 aliphatic carbocycles. The van der Waals surface area contributed by atoms with Crippen LogP contribution in [-0.2, 0) is 16.8 Å². The lowest BCUT2D eigenvalue weighted by Gasteiger charge is -2.45. The Kier molecular flexibility index (Phi) is 8.44. The molecule has 1 saturated carbocycles. The van der Waals surface area contributed by atoms with Crippen LogP contribution >= 0.6 is 0 Å². The molecule has 41 heavy (non-hydrogen) atoms. The van der Waals surface area contributed by atoms with Crippen molar-refractivity contribution in [3.63, 3.8) is 0 Å². The van der Waals surface area contributed by atoms with E-state index in [0.29, 0.717) is 37.4 Å². The van der Waals surface area contributed by atoms with Crippen LogP contribution < -0.4 is 25.4 Å². The summed E-state index contributed by atoms with van der Waals surface area (Å²) in [6.45, 7) is 1.16. The van der Waals surface area contributed by atoms with Gasteiger partial charge in [-0.1, -0.05) is 6.07 Å². The third-order valence-electron chi connectivity index (χ3n) is 8.21. The van der Waals surface area contributed by atoms with Gasteiger partial charge in [0.1, 0.15) is 5.76 Å². The number of hydrogen-bond acceptors (Lipinski definition) is 6. The fourth-order valence-electron chi connectivity index (χ4n) is 6.19. The standard InChI is InChI=1S/C30H34F2N4O5/c1-39-25-8-5-19(14-26(25)40-2)30-10-9-21(35-29(38)34-20-6-7-23(31)24(32)15-20)16-27(30)36(12-11-30)28(37)18-33-17-22-4-3-13-41-22/h3-8,13-15,21,27,33H,9-12,16-18H2,1-2H3,(H2,34,35,38)/t21-,27+,30-/m0/s1. The normalized spacial score (nSPS) is 21.7. The predicted molar refractivity (Wildman–Crippen MR) is 148 cm³/mol. The molecule has 0 spiro atoms. The number of amides is 3. The van der Waals surface area contributed by atoms with Crippen LogP contribution in [0.4, 0.5) is 19.3 Å². The van der Waals surface area contributed by atoms with Gasteiger partial charge in [0, 0.05) is 35.8 Å². The first-order valence-corrected chi connectivity index (χ1v) is 13.6. The van der Waals surface area contributed by atoms with E-state index in [-0.39, 0.29) is 35.6 Å². The molecule has 1 aromatic heterocycles. The van der Waals surface area contributed by atoms with Gasteiger partial charge in [-0.05, 0) is 67.6 Å². The van der Waals surface area contributed by atoms with E-state index in [9.17, 15) is 18.4 Å². The lowest BCUT2D eigenvalue weighted by molar-refractivity contribution is -0.132. The van der Waals surface area contributed by atoms with Crippen molar-refractivity contribution >= 4 is 17.6 Å². The van der Waals surface area contributed by atoms with E-state index in [1.165, 1.54) is 6.07 Å². The number of furan rings is 1. The van der Waals surface area contributed by atoms with Crippen molar-refractivity contribution in [2.75, 3.05) is 32.6 Å². The van der Waals surface area contributed by atoms with Gasteiger partial charge in [-0.3, -0.25) is 4.79 Å². The van der Waals surface area contributed by atoms with E-state index in [4.69, 9.17) is 13.9 Å². The second-order valence-electron chi connectivity index (χ2n) is 10.5. The number of rotatable bonds is 9. The Balaban J connectivity index is 1.34. The van der Waals surface area contributed by atoms with Gasteiger partial charge in [0.15, 0.2) is 23.1 Å². The van der Waals surface area contributed by atoms with Gasteiger partial charge in [-0.25, -0.2) is 13.6 Å². The first kappa shape index (κ1) is 28.4. The number of carbonyl (C=O) groups is 2. The molecule has 2 fully saturated rings. The molecule has 3 atom stereocenters. The lowest BCUT2D eigenvalue weighted by atomic mass is 9.65. The molecule has 218 valence electrons. The molecule has 11 heteroatoms. The maximum Gasteiger partial charge on any atom is 0.319 e. The molecule has 0 bridgehead atoms. The number of methoxy groups -OCH3 is 2. The van der Waals surface area contributed by atoms with E-state index in [2.05, 4.69) is 16.0 Å². The number of likely N-dealkylation sites (tertiary alicyclic amines) is 1. The molecule has 2 aliphatic rings. The van der Waals surface area contributed by atoms with Crippen LogP contribution in [0, 0.1) is 11.6 Å². The van der Waals surface area contributed by atoms with Crippen LogP contribution in [0.15, 0.2) is 59.2 Å². The zero-order chi connectivity index (χ0) is 29.0. The summed E-state index contributed by atoms with van der Waals surface area (Å²) in [5.74, 6) is -0.0697. The van der Waals surface area contributed by atoms with Crippen LogP contribution in [0.25, 0.3) is 0 Å². The van der Waals surface area contributed by atoms with Crippen molar-refractivity contribution in [1.29, 1.82) is 0 Å². The largest absolute Gasteiger partial charge is 0.493 e. The highest BCUT2D eigenvalue weighted by molar-refractivity contribution is 5.89. The Morgan fingerprint density at radius 2 is 1.88 bits per heavy atom. The molecule has 2 aromatic carbocycles. The second-order valence-corrected chi connectivity index (χ2v) is 10.5. The fourth-order valence-corrected chi connectivity index (χ4v) is 6.19. The number of carbonyl (C=O) groups excluding carboxylic acids is 2. The molecule has 0 unspecified atom stereocenters. The molecule has 2 heterocycles. The average Bonchev–Trinajstić information content (AvgIpc) is 3.63. The van der Waals surface area contributed by atoms with Gasteiger partial charge >= 0.3 is 6.03 Å². The Bertz CT molecular complexity index is 1390. The Hall–Kier alpha value is -4.12. The first-order valence-electron chi connectivity index (χ1n) is 13.6. The van der Waals surface area contributed by atoms with Gasteiger partial charge in [0.2, 0.25) is 5.91 Å². The van der Waals surface area contributed by atoms with E-state index in [0.717, 1.165) is 36.3 Å². The highest BCUT2D eigenvalue weighted by atomic mass is 19.2. The van der Waals surface area contributed by atoms with Crippen molar-refractivity contribution in [1.82, 2.24) is 15.5 Å². The molecule has 3 N–H and O–H groups in total. The predicted octanol–water partition coefficient (Wildman–Crippen LogP) is 4.58. The van der Waals surface area contributed by atoms with Gasteiger partial charge in [-0.2, -0.15) is 0 Å². The molecule has 1 saturated heterocycles. The first-order chi connectivity index (χ1) is 19.8. The highest BCUT2D eigenvalue weighted by Crippen LogP contribution is 2.50. The van der Waals surface area contributed by atoms with Crippen LogP contribution in [0.3, 0.4) is 0 Å². The third kappa shape index (κ3) is 6.00. The highest BCUT2D eigenvalue weighted by Gasteiger charge is 2.53. The summed E-state index contributed by atoms with van der Waals surface area (Å²) >= 11 is 0. The Morgan fingerprint density at radius 1 is 1.05 bits per heavy atom. The van der Waals surface area contributed by atoms with Crippen LogP contribution in [0.1, 0.15) is 37.0 Å². The Morgan fingerprint density at radius 3 is 2.61 bits per heavy atom. The van der Waals surface area contributed by atoms with Crippen molar-refractivity contribution < 1.29 is 32.3 Å². The lowest BCUT2D eigenvalue weighted by Crippen LogP contribution is -2.55. The molecule has 3 aromatic rings. The van der Waals surface area contributed by atoms with Crippen LogP contribution in [-0.4, -0.2) is 56.2 Å². The fraction of sp³-hybridized carbons (Fsp3) is 0.400. The van der Waals surface area contributed by atoms with E-state index >= 15 is 0 Å². The number of nitrogens with zero attached hydrogens (tertiary/aromatic N) is 1. The summed E-state index contributed by atoms with van der Waals surface area (Å²) in [5.41, 5.74) is 0.881. The van der Waals surface area contributed by atoms with Gasteiger partial charge < -0.3 is 34.7 Å². The van der Waals surface area contributed by atoms with Crippen molar-refractivity contribution in [3.05, 3.63) is 77.8 Å². The second kappa shape index (κ2) is 12.2. The number of fused-ring (bicyclic) bond motifs is 1. The number of nitrogens with one attached hydrogen (secondary N) is 3. The van der Waals surface area contributed by atoms with Gasteiger partial charge in [0.25, 0.3) is 0 Å². The quantitative estimate of drug-likeness (QED) is 0.349. The van der Waals surface area contributed by atoms with Crippen molar-refractivity contribution in [2.24, 2.45) is 0 Å². The van der Waals surface area contributed by atoms with Crippen LogP contribution in [0.5, 0.6) is 11.5 Å². The summed E-state index contributed by atoms with van der Waals surface area (Å²) in [6, 6.07) is 11.8. The SMILES string of the molecule is COc1ccc([C@@]23CC[C@H](NC(=O)Nc4ccc(F)c(F)c4)C[C@H]2N(C(=O)CNCc2ccco2)CC3)cc1OC. The molecule has 9 nitrogen and oxygen atoms in total. The molecule has 5 rings (SSSR count). The number of urea groups is 1. The number of halogens is 2. The minimum Gasteiger partial charge on any atom is -0.493 e. The van der Waals surface area contributed by atoms with E-state index in [1.54, 1.807) is 26.5 Å². The van der Waals surface area contributed by atoms with E-state index < -0.39 is 17.7 Å². The monoisotopic (exact) mass is 568 g/mol. The summed E-state index contributed by atoms with van der Waals surface area (Å²) in [4.78, 5) is 28.2. The zero-order valence-electron chi connectivity index (χ0n) is 23.0. The smallest absolute Gasteiger partial charge is 0.319 e. The minimum atomic E-state index is -1.04. The van der Waals surface area contributed by atoms with Gasteiger partial charge in [0.05, 0.1) is 33.6 Å². The topological polar surface area (TPSA) is 105 Å². The minimum absolute atomic E-state index is 0.0317. The van der Waals surface area contributed by atoms with Crippen molar-refractivity contribution in [2.45, 2.75) is 49.7 Å². The van der Waals surface area contributed by atoms with Gasteiger partial charge in [-0.15, -0.1) is 0 Å². The average molecular weight is 569 g/mol. The zero-order valence-corrected chi connectivity index (χ0v) is 23.0. The number of hydrogen-bond donors (Lipinski definition) is 3.